The summed E-state index contributed by atoms with van der Waals surface area (Å²) in [7, 11) is 0. The first-order valence-corrected chi connectivity index (χ1v) is 5.94. The van der Waals surface area contributed by atoms with E-state index in [1.165, 1.54) is 36.0 Å². The normalized spacial score (nSPS) is 37.8. The summed E-state index contributed by atoms with van der Waals surface area (Å²) in [6, 6.07) is 6.44. The summed E-state index contributed by atoms with van der Waals surface area (Å²) >= 11 is 0. The van der Waals surface area contributed by atoms with Crippen LogP contribution in [0.3, 0.4) is 0 Å². The summed E-state index contributed by atoms with van der Waals surface area (Å²) in [6.45, 7) is 4.21. The highest BCUT2D eigenvalue weighted by atomic mass is 16.3. The first-order chi connectivity index (χ1) is 7.14. The molecular weight excluding hydrogens is 184 g/mol. The van der Waals surface area contributed by atoms with Crippen molar-refractivity contribution < 1.29 is 5.11 Å². The molecule has 2 unspecified atom stereocenters. The molecule has 1 aromatic rings. The van der Waals surface area contributed by atoms with E-state index in [1.807, 2.05) is 0 Å². The highest BCUT2D eigenvalue weighted by Gasteiger charge is 2.66. The topological polar surface area (TPSA) is 20.2 Å². The summed E-state index contributed by atoms with van der Waals surface area (Å²) in [4.78, 5) is 0. The zero-order valence-electron chi connectivity index (χ0n) is 9.46. The predicted molar refractivity (Wildman–Crippen MR) is 60.6 cm³/mol. The van der Waals surface area contributed by atoms with Crippen LogP contribution in [-0.2, 0) is 5.60 Å². The summed E-state index contributed by atoms with van der Waals surface area (Å²) < 4.78 is 0. The lowest BCUT2D eigenvalue weighted by atomic mass is 9.94. The number of hydrogen-bond donors (Lipinski definition) is 1. The smallest absolute Gasteiger partial charge is 0.0962 e. The molecule has 0 aromatic heterocycles. The lowest BCUT2D eigenvalue weighted by molar-refractivity contribution is 0.105. The van der Waals surface area contributed by atoms with E-state index in [1.54, 1.807) is 0 Å². The van der Waals surface area contributed by atoms with Gasteiger partial charge < -0.3 is 5.11 Å². The SMILES string of the molecule is Cc1ccc(C)c(C2(O)C3CCCC32)c1. The van der Waals surface area contributed by atoms with Crippen molar-refractivity contribution in [3.63, 3.8) is 0 Å². The fraction of sp³-hybridized carbons (Fsp3) is 0.571. The molecule has 80 valence electrons. The van der Waals surface area contributed by atoms with E-state index in [2.05, 4.69) is 32.0 Å². The Balaban J connectivity index is 2.03. The second-order valence-corrected chi connectivity index (χ2v) is 5.29. The van der Waals surface area contributed by atoms with Gasteiger partial charge in [-0.1, -0.05) is 30.2 Å². The van der Waals surface area contributed by atoms with Crippen molar-refractivity contribution in [3.05, 3.63) is 34.9 Å². The number of rotatable bonds is 1. The Kier molecular flexibility index (Phi) is 1.79. The number of aliphatic hydroxyl groups is 1. The van der Waals surface area contributed by atoms with Gasteiger partial charge in [-0.25, -0.2) is 0 Å². The average molecular weight is 202 g/mol. The standard InChI is InChI=1S/C14H18O/c1-9-6-7-10(2)13(8-9)14(15)11-4-3-5-12(11)14/h6-8,11-12,15H,3-5H2,1-2H3. The molecule has 1 heteroatoms. The molecule has 0 spiro atoms. The third kappa shape index (κ3) is 1.13. The van der Waals surface area contributed by atoms with Gasteiger partial charge in [0, 0.05) is 0 Å². The number of benzene rings is 1. The molecule has 0 heterocycles. The summed E-state index contributed by atoms with van der Waals surface area (Å²) in [5.41, 5.74) is 3.23. The van der Waals surface area contributed by atoms with Crippen LogP contribution in [-0.4, -0.2) is 5.11 Å². The highest BCUT2D eigenvalue weighted by molar-refractivity contribution is 5.41. The van der Waals surface area contributed by atoms with E-state index in [4.69, 9.17) is 0 Å². The minimum absolute atomic E-state index is 0.464. The molecule has 15 heavy (non-hydrogen) atoms. The van der Waals surface area contributed by atoms with E-state index in [0.717, 1.165) is 0 Å². The zero-order valence-corrected chi connectivity index (χ0v) is 9.46. The van der Waals surface area contributed by atoms with Crippen LogP contribution < -0.4 is 0 Å². The second-order valence-electron chi connectivity index (χ2n) is 5.29. The first kappa shape index (κ1) is 9.41. The number of fused-ring (bicyclic) bond motifs is 1. The van der Waals surface area contributed by atoms with Crippen molar-refractivity contribution in [2.24, 2.45) is 11.8 Å². The predicted octanol–water partition coefficient (Wildman–Crippen LogP) is 2.92. The van der Waals surface area contributed by atoms with Crippen molar-refractivity contribution in [2.75, 3.05) is 0 Å². The Morgan fingerprint density at radius 1 is 1.20 bits per heavy atom. The zero-order chi connectivity index (χ0) is 10.6. The van der Waals surface area contributed by atoms with Crippen molar-refractivity contribution in [2.45, 2.75) is 38.7 Å². The van der Waals surface area contributed by atoms with Gasteiger partial charge in [-0.3, -0.25) is 0 Å². The van der Waals surface area contributed by atoms with Gasteiger partial charge in [0.2, 0.25) is 0 Å². The van der Waals surface area contributed by atoms with Crippen LogP contribution in [0.5, 0.6) is 0 Å². The Morgan fingerprint density at radius 3 is 2.53 bits per heavy atom. The van der Waals surface area contributed by atoms with Crippen LogP contribution in [0.1, 0.15) is 36.0 Å². The van der Waals surface area contributed by atoms with Crippen LogP contribution in [0.25, 0.3) is 0 Å². The molecule has 2 aliphatic carbocycles. The van der Waals surface area contributed by atoms with E-state index in [9.17, 15) is 5.11 Å². The van der Waals surface area contributed by atoms with Gasteiger partial charge in [0.05, 0.1) is 5.60 Å². The molecule has 1 nitrogen and oxygen atoms in total. The van der Waals surface area contributed by atoms with Gasteiger partial charge >= 0.3 is 0 Å². The van der Waals surface area contributed by atoms with Crippen LogP contribution in [0.15, 0.2) is 18.2 Å². The Labute approximate surface area is 91.1 Å². The van der Waals surface area contributed by atoms with Gasteiger partial charge in [0.15, 0.2) is 0 Å². The second kappa shape index (κ2) is 2.85. The minimum atomic E-state index is -0.464. The van der Waals surface area contributed by atoms with Crippen LogP contribution in [0.4, 0.5) is 0 Å². The third-order valence-electron chi connectivity index (χ3n) is 4.36. The maximum Gasteiger partial charge on any atom is 0.0962 e. The fourth-order valence-corrected chi connectivity index (χ4v) is 3.49. The number of aryl methyl sites for hydroxylation is 2. The molecule has 2 atom stereocenters. The molecule has 1 aromatic carbocycles. The molecule has 0 bridgehead atoms. The molecule has 3 rings (SSSR count). The molecule has 0 saturated heterocycles. The maximum atomic E-state index is 10.7. The lowest BCUT2D eigenvalue weighted by Crippen LogP contribution is -2.14. The van der Waals surface area contributed by atoms with Gasteiger partial charge in [-0.2, -0.15) is 0 Å². The van der Waals surface area contributed by atoms with Gasteiger partial charge in [0.1, 0.15) is 0 Å². The molecular formula is C14H18O. The largest absolute Gasteiger partial charge is 0.385 e. The van der Waals surface area contributed by atoms with Gasteiger partial charge in [0.25, 0.3) is 0 Å². The highest BCUT2D eigenvalue weighted by Crippen LogP contribution is 2.66. The van der Waals surface area contributed by atoms with Crippen molar-refractivity contribution in [1.29, 1.82) is 0 Å². The van der Waals surface area contributed by atoms with Crippen LogP contribution in [0.2, 0.25) is 0 Å². The van der Waals surface area contributed by atoms with Gasteiger partial charge in [-0.15, -0.1) is 0 Å². The lowest BCUT2D eigenvalue weighted by Gasteiger charge is -2.18. The molecule has 0 aliphatic heterocycles. The fourth-order valence-electron chi connectivity index (χ4n) is 3.49. The number of hydrogen-bond acceptors (Lipinski definition) is 1. The van der Waals surface area contributed by atoms with Crippen molar-refractivity contribution >= 4 is 0 Å². The Bertz CT molecular complexity index is 398. The van der Waals surface area contributed by atoms with Gasteiger partial charge in [-0.05, 0) is 49.7 Å². The molecule has 0 radical (unpaired) electrons. The summed E-state index contributed by atoms with van der Waals surface area (Å²) in [5.74, 6) is 1.11. The monoisotopic (exact) mass is 202 g/mol. The maximum absolute atomic E-state index is 10.7. The molecule has 2 saturated carbocycles. The first-order valence-electron chi connectivity index (χ1n) is 5.94. The average Bonchev–Trinajstić information content (AvgIpc) is 2.67. The molecule has 2 aliphatic rings. The Morgan fingerprint density at radius 2 is 1.87 bits per heavy atom. The van der Waals surface area contributed by atoms with Crippen LogP contribution in [0, 0.1) is 25.7 Å². The molecule has 0 amide bonds. The molecule has 2 fully saturated rings. The Hall–Kier alpha value is -0.820. The van der Waals surface area contributed by atoms with Crippen molar-refractivity contribution in [3.8, 4) is 0 Å². The molecule has 1 N–H and O–H groups in total. The van der Waals surface area contributed by atoms with E-state index in [-0.39, 0.29) is 0 Å². The van der Waals surface area contributed by atoms with E-state index < -0.39 is 5.60 Å². The van der Waals surface area contributed by atoms with Crippen LogP contribution >= 0.6 is 0 Å². The van der Waals surface area contributed by atoms with Crippen molar-refractivity contribution in [1.82, 2.24) is 0 Å². The third-order valence-corrected chi connectivity index (χ3v) is 4.36. The summed E-state index contributed by atoms with van der Waals surface area (Å²) in [6.07, 6.45) is 3.74. The quantitative estimate of drug-likeness (QED) is 0.742. The van der Waals surface area contributed by atoms with E-state index >= 15 is 0 Å². The van der Waals surface area contributed by atoms with E-state index in [0.29, 0.717) is 11.8 Å². The summed E-state index contributed by atoms with van der Waals surface area (Å²) in [5, 5.41) is 10.7. The minimum Gasteiger partial charge on any atom is -0.385 e.